The number of carbonyl (C=O) groups is 1. The van der Waals surface area contributed by atoms with E-state index in [-0.39, 0.29) is 0 Å². The lowest BCUT2D eigenvalue weighted by atomic mass is 9.82. The number of rotatable bonds is 6. The predicted octanol–water partition coefficient (Wildman–Crippen LogP) is 2.97. The molecule has 2 heteroatoms. The summed E-state index contributed by atoms with van der Waals surface area (Å²) in [5.41, 5.74) is 0. The maximum Gasteiger partial charge on any atom is 0.222 e. The SMILES string of the molecule is CCCN(C(=O)CCC1CCC1)C1CC1. The van der Waals surface area contributed by atoms with Crippen LogP contribution in [0.5, 0.6) is 0 Å². The third kappa shape index (κ3) is 2.96. The van der Waals surface area contributed by atoms with Crippen LogP contribution in [0.25, 0.3) is 0 Å². The van der Waals surface area contributed by atoms with Crippen LogP contribution in [0.3, 0.4) is 0 Å². The molecule has 0 aromatic rings. The summed E-state index contributed by atoms with van der Waals surface area (Å²) in [6.07, 6.45) is 9.66. The summed E-state index contributed by atoms with van der Waals surface area (Å²) < 4.78 is 0. The monoisotopic (exact) mass is 209 g/mol. The van der Waals surface area contributed by atoms with E-state index in [2.05, 4.69) is 11.8 Å². The van der Waals surface area contributed by atoms with Crippen LogP contribution in [0.1, 0.15) is 58.3 Å². The minimum atomic E-state index is 0.422. The maximum atomic E-state index is 12.0. The lowest BCUT2D eigenvalue weighted by Gasteiger charge is -2.27. The van der Waals surface area contributed by atoms with Crippen molar-refractivity contribution in [1.29, 1.82) is 0 Å². The summed E-state index contributed by atoms with van der Waals surface area (Å²) in [5.74, 6) is 1.29. The Morgan fingerprint density at radius 2 is 2.00 bits per heavy atom. The molecule has 0 bridgehead atoms. The molecule has 2 nitrogen and oxygen atoms in total. The van der Waals surface area contributed by atoms with Gasteiger partial charge in [0.2, 0.25) is 5.91 Å². The Morgan fingerprint density at radius 1 is 1.27 bits per heavy atom. The van der Waals surface area contributed by atoms with Crippen molar-refractivity contribution >= 4 is 5.91 Å². The lowest BCUT2D eigenvalue weighted by Crippen LogP contribution is -2.34. The molecule has 0 aliphatic heterocycles. The Morgan fingerprint density at radius 3 is 2.47 bits per heavy atom. The van der Waals surface area contributed by atoms with Crippen molar-refractivity contribution < 1.29 is 4.79 Å². The smallest absolute Gasteiger partial charge is 0.222 e. The van der Waals surface area contributed by atoms with E-state index in [1.807, 2.05) is 0 Å². The second kappa shape index (κ2) is 5.00. The molecule has 0 radical (unpaired) electrons. The summed E-state index contributed by atoms with van der Waals surface area (Å²) in [7, 11) is 0. The topological polar surface area (TPSA) is 20.3 Å². The van der Waals surface area contributed by atoms with Gasteiger partial charge in [0.1, 0.15) is 0 Å². The summed E-state index contributed by atoms with van der Waals surface area (Å²) in [4.78, 5) is 14.1. The van der Waals surface area contributed by atoms with Gasteiger partial charge < -0.3 is 4.90 Å². The fourth-order valence-electron chi connectivity index (χ4n) is 2.39. The van der Waals surface area contributed by atoms with Crippen molar-refractivity contribution in [3.8, 4) is 0 Å². The molecule has 0 unspecified atom stereocenters. The average Bonchev–Trinajstić information content (AvgIpc) is 2.94. The zero-order valence-electron chi connectivity index (χ0n) is 9.87. The Balaban J connectivity index is 1.71. The summed E-state index contributed by atoms with van der Waals surface area (Å²) in [6.45, 7) is 3.14. The lowest BCUT2D eigenvalue weighted by molar-refractivity contribution is -0.132. The van der Waals surface area contributed by atoms with Crippen molar-refractivity contribution in [2.75, 3.05) is 6.54 Å². The molecule has 2 fully saturated rings. The minimum absolute atomic E-state index is 0.422. The van der Waals surface area contributed by atoms with Crippen LogP contribution in [0.4, 0.5) is 0 Å². The number of carbonyl (C=O) groups excluding carboxylic acids is 1. The van der Waals surface area contributed by atoms with E-state index in [0.29, 0.717) is 11.9 Å². The van der Waals surface area contributed by atoms with Gasteiger partial charge in [-0.3, -0.25) is 4.79 Å². The molecular weight excluding hydrogens is 186 g/mol. The van der Waals surface area contributed by atoms with Gasteiger partial charge in [-0.1, -0.05) is 26.2 Å². The highest BCUT2D eigenvalue weighted by Crippen LogP contribution is 2.32. The highest BCUT2D eigenvalue weighted by atomic mass is 16.2. The summed E-state index contributed by atoms with van der Waals surface area (Å²) in [5, 5.41) is 0. The normalized spacial score (nSPS) is 21.1. The van der Waals surface area contributed by atoms with E-state index in [9.17, 15) is 4.79 Å². The first-order valence-corrected chi connectivity index (χ1v) is 6.60. The predicted molar refractivity (Wildman–Crippen MR) is 61.6 cm³/mol. The van der Waals surface area contributed by atoms with Crippen LogP contribution < -0.4 is 0 Å². The zero-order chi connectivity index (χ0) is 10.7. The second-order valence-corrected chi connectivity index (χ2v) is 5.15. The Bertz CT molecular complexity index is 219. The van der Waals surface area contributed by atoms with E-state index >= 15 is 0 Å². The number of nitrogens with zero attached hydrogens (tertiary/aromatic N) is 1. The van der Waals surface area contributed by atoms with Gasteiger partial charge in [-0.15, -0.1) is 0 Å². The Labute approximate surface area is 93.0 Å². The van der Waals surface area contributed by atoms with Gasteiger partial charge in [0.15, 0.2) is 0 Å². The number of amides is 1. The van der Waals surface area contributed by atoms with E-state index in [4.69, 9.17) is 0 Å². The van der Waals surface area contributed by atoms with Crippen molar-refractivity contribution in [1.82, 2.24) is 4.90 Å². The molecule has 0 N–H and O–H groups in total. The van der Waals surface area contributed by atoms with E-state index in [0.717, 1.165) is 31.7 Å². The van der Waals surface area contributed by atoms with Crippen molar-refractivity contribution in [3.05, 3.63) is 0 Å². The fourth-order valence-corrected chi connectivity index (χ4v) is 2.39. The Hall–Kier alpha value is -0.530. The molecule has 0 atom stereocenters. The van der Waals surface area contributed by atoms with Gasteiger partial charge in [0, 0.05) is 19.0 Å². The molecule has 0 aromatic carbocycles. The van der Waals surface area contributed by atoms with Crippen LogP contribution in [-0.2, 0) is 4.79 Å². The van der Waals surface area contributed by atoms with Gasteiger partial charge in [-0.05, 0) is 31.6 Å². The van der Waals surface area contributed by atoms with Crippen LogP contribution in [0.2, 0.25) is 0 Å². The van der Waals surface area contributed by atoms with E-state index < -0.39 is 0 Å². The largest absolute Gasteiger partial charge is 0.340 e. The molecule has 2 saturated carbocycles. The molecule has 2 aliphatic rings. The van der Waals surface area contributed by atoms with Crippen molar-refractivity contribution in [3.63, 3.8) is 0 Å². The van der Waals surface area contributed by atoms with Gasteiger partial charge in [0.25, 0.3) is 0 Å². The highest BCUT2D eigenvalue weighted by molar-refractivity contribution is 5.76. The van der Waals surface area contributed by atoms with E-state index in [1.54, 1.807) is 0 Å². The maximum absolute atomic E-state index is 12.0. The third-order valence-corrected chi connectivity index (χ3v) is 3.76. The zero-order valence-corrected chi connectivity index (χ0v) is 9.87. The highest BCUT2D eigenvalue weighted by Gasteiger charge is 2.31. The number of hydrogen-bond donors (Lipinski definition) is 0. The van der Waals surface area contributed by atoms with Gasteiger partial charge in [-0.25, -0.2) is 0 Å². The first-order valence-electron chi connectivity index (χ1n) is 6.60. The van der Waals surface area contributed by atoms with Crippen molar-refractivity contribution in [2.45, 2.75) is 64.3 Å². The standard InChI is InChI=1S/C13H23NO/c1-2-10-14(12-7-8-12)13(15)9-6-11-4-3-5-11/h11-12H,2-10H2,1H3. The number of hydrogen-bond acceptors (Lipinski definition) is 1. The van der Waals surface area contributed by atoms with Crippen LogP contribution in [-0.4, -0.2) is 23.4 Å². The molecule has 0 spiro atoms. The molecular formula is C13H23NO. The fraction of sp³-hybridized carbons (Fsp3) is 0.923. The Kier molecular flexibility index (Phi) is 3.66. The molecule has 15 heavy (non-hydrogen) atoms. The quantitative estimate of drug-likeness (QED) is 0.658. The molecule has 1 amide bonds. The average molecular weight is 209 g/mol. The van der Waals surface area contributed by atoms with E-state index in [1.165, 1.54) is 32.1 Å². The first kappa shape index (κ1) is 11.0. The van der Waals surface area contributed by atoms with Gasteiger partial charge >= 0.3 is 0 Å². The summed E-state index contributed by atoms with van der Waals surface area (Å²) in [6, 6.07) is 0.610. The second-order valence-electron chi connectivity index (χ2n) is 5.15. The molecule has 2 rings (SSSR count). The molecule has 0 heterocycles. The van der Waals surface area contributed by atoms with Crippen molar-refractivity contribution in [2.24, 2.45) is 5.92 Å². The summed E-state index contributed by atoms with van der Waals surface area (Å²) >= 11 is 0. The van der Waals surface area contributed by atoms with Crippen LogP contribution >= 0.6 is 0 Å². The van der Waals surface area contributed by atoms with Crippen LogP contribution in [0, 0.1) is 5.92 Å². The molecule has 86 valence electrons. The molecule has 0 saturated heterocycles. The van der Waals surface area contributed by atoms with Gasteiger partial charge in [-0.2, -0.15) is 0 Å². The minimum Gasteiger partial charge on any atom is -0.340 e. The molecule has 0 aromatic heterocycles. The third-order valence-electron chi connectivity index (χ3n) is 3.76. The molecule has 2 aliphatic carbocycles. The first-order chi connectivity index (χ1) is 7.31. The van der Waals surface area contributed by atoms with Gasteiger partial charge in [0.05, 0.1) is 0 Å². The van der Waals surface area contributed by atoms with Crippen LogP contribution in [0.15, 0.2) is 0 Å².